The molecule has 0 aliphatic heterocycles. The van der Waals surface area contributed by atoms with Crippen molar-refractivity contribution in [2.75, 3.05) is 13.2 Å². The third-order valence-corrected chi connectivity index (χ3v) is 2.60. The Morgan fingerprint density at radius 3 is 2.38 bits per heavy atom. The van der Waals surface area contributed by atoms with Gasteiger partial charge in [-0.3, -0.25) is 0 Å². The fraction of sp³-hybridized carbons (Fsp3) is 0.538. The highest BCUT2D eigenvalue weighted by atomic mass is 19.3. The summed E-state index contributed by atoms with van der Waals surface area (Å²) in [7, 11) is 0. The van der Waals surface area contributed by atoms with E-state index in [-0.39, 0.29) is 30.6 Å². The fourth-order valence-corrected chi connectivity index (χ4v) is 1.58. The molecular formula is C13H17F4NO3. The summed E-state index contributed by atoms with van der Waals surface area (Å²) >= 11 is 0. The molecule has 2 N–H and O–H groups in total. The van der Waals surface area contributed by atoms with E-state index in [9.17, 15) is 17.6 Å². The molecular weight excluding hydrogens is 294 g/mol. The van der Waals surface area contributed by atoms with Gasteiger partial charge in [-0.2, -0.15) is 17.6 Å². The molecule has 0 radical (unpaired) electrons. The molecule has 0 heterocycles. The van der Waals surface area contributed by atoms with E-state index < -0.39 is 13.2 Å². The minimum absolute atomic E-state index is 0.00540. The van der Waals surface area contributed by atoms with Crippen LogP contribution >= 0.6 is 0 Å². The van der Waals surface area contributed by atoms with E-state index in [0.29, 0.717) is 12.1 Å². The molecule has 0 amide bonds. The molecule has 0 saturated carbocycles. The normalized spacial score (nSPS) is 12.8. The van der Waals surface area contributed by atoms with Crippen molar-refractivity contribution in [2.45, 2.75) is 26.7 Å². The zero-order valence-electron chi connectivity index (χ0n) is 11.4. The smallest absolute Gasteiger partial charge is 0.387 e. The van der Waals surface area contributed by atoms with Crippen LogP contribution in [0.5, 0.6) is 11.5 Å². The van der Waals surface area contributed by atoms with Crippen LogP contribution in [0.4, 0.5) is 17.6 Å². The lowest BCUT2D eigenvalue weighted by Crippen LogP contribution is -2.23. The molecule has 1 unspecified atom stereocenters. The quantitative estimate of drug-likeness (QED) is 0.688. The molecule has 1 aromatic rings. The van der Waals surface area contributed by atoms with Crippen LogP contribution in [0.15, 0.2) is 18.2 Å². The van der Waals surface area contributed by atoms with Crippen molar-refractivity contribution in [2.24, 2.45) is 5.92 Å². The Kier molecular flexibility index (Phi) is 7.24. The molecule has 0 fully saturated rings. The predicted molar refractivity (Wildman–Crippen MR) is 67.7 cm³/mol. The molecule has 0 aromatic heterocycles. The lowest BCUT2D eigenvalue weighted by molar-refractivity contribution is -0.0546. The molecule has 21 heavy (non-hydrogen) atoms. The molecule has 0 saturated heterocycles. The fourth-order valence-electron chi connectivity index (χ4n) is 1.58. The third-order valence-electron chi connectivity index (χ3n) is 2.60. The Bertz CT molecular complexity index is 432. The van der Waals surface area contributed by atoms with Gasteiger partial charge in [0.2, 0.25) is 0 Å². The van der Waals surface area contributed by atoms with Gasteiger partial charge in [0.15, 0.2) is 0 Å². The maximum absolute atomic E-state index is 12.3. The Hall–Kier alpha value is -1.54. The minimum Gasteiger partial charge on any atom is -0.435 e. The average Bonchev–Trinajstić information content (AvgIpc) is 2.39. The van der Waals surface area contributed by atoms with Crippen LogP contribution < -0.4 is 14.8 Å². The van der Waals surface area contributed by atoms with Crippen molar-refractivity contribution in [3.63, 3.8) is 0 Å². The largest absolute Gasteiger partial charge is 0.435 e. The van der Waals surface area contributed by atoms with Gasteiger partial charge in [-0.25, -0.2) is 0 Å². The van der Waals surface area contributed by atoms with Gasteiger partial charge in [0.25, 0.3) is 0 Å². The van der Waals surface area contributed by atoms with Gasteiger partial charge in [-0.1, -0.05) is 13.0 Å². The van der Waals surface area contributed by atoms with E-state index >= 15 is 0 Å². The van der Waals surface area contributed by atoms with E-state index in [1.165, 1.54) is 12.1 Å². The number of nitrogens with one attached hydrogen (secondary N) is 1. The van der Waals surface area contributed by atoms with Crippen LogP contribution in [-0.2, 0) is 6.54 Å². The van der Waals surface area contributed by atoms with E-state index in [1.807, 2.05) is 6.92 Å². The molecule has 1 rings (SSSR count). The van der Waals surface area contributed by atoms with Crippen molar-refractivity contribution < 1.29 is 32.1 Å². The zero-order chi connectivity index (χ0) is 15.8. The molecule has 0 aliphatic rings. The standard InChI is InChI=1S/C13H17F4NO3/c1-8(7-19)5-18-6-9-2-3-10(20-12(14)15)4-11(9)21-13(16)17/h2-4,8,12-13,18-19H,5-7H2,1H3. The molecule has 1 atom stereocenters. The van der Waals surface area contributed by atoms with Gasteiger partial charge in [0.05, 0.1) is 0 Å². The average molecular weight is 311 g/mol. The van der Waals surface area contributed by atoms with Crippen molar-refractivity contribution in [1.29, 1.82) is 0 Å². The van der Waals surface area contributed by atoms with Crippen LogP contribution in [0.3, 0.4) is 0 Å². The van der Waals surface area contributed by atoms with Crippen molar-refractivity contribution in [3.8, 4) is 11.5 Å². The molecule has 8 heteroatoms. The molecule has 4 nitrogen and oxygen atoms in total. The topological polar surface area (TPSA) is 50.7 Å². The van der Waals surface area contributed by atoms with E-state index in [2.05, 4.69) is 14.8 Å². The van der Waals surface area contributed by atoms with Gasteiger partial charge >= 0.3 is 13.2 Å². The van der Waals surface area contributed by atoms with Gasteiger partial charge in [0.1, 0.15) is 11.5 Å². The number of halogens is 4. The zero-order valence-corrected chi connectivity index (χ0v) is 11.4. The molecule has 1 aromatic carbocycles. The SMILES string of the molecule is CC(CO)CNCc1ccc(OC(F)F)cc1OC(F)F. The number of hydrogen-bond acceptors (Lipinski definition) is 4. The summed E-state index contributed by atoms with van der Waals surface area (Å²) in [4.78, 5) is 0. The first kappa shape index (κ1) is 17.5. The number of hydrogen-bond donors (Lipinski definition) is 2. The van der Waals surface area contributed by atoms with Gasteiger partial charge in [-0.15, -0.1) is 0 Å². The van der Waals surface area contributed by atoms with Crippen molar-refractivity contribution >= 4 is 0 Å². The summed E-state index contributed by atoms with van der Waals surface area (Å²) in [6.07, 6.45) is 0. The number of rotatable bonds is 9. The second-order valence-corrected chi connectivity index (χ2v) is 4.45. The summed E-state index contributed by atoms with van der Waals surface area (Å²) < 4.78 is 57.3. The summed E-state index contributed by atoms with van der Waals surface area (Å²) in [5, 5.41) is 11.8. The maximum Gasteiger partial charge on any atom is 0.387 e. The van der Waals surface area contributed by atoms with Gasteiger partial charge in [0, 0.05) is 31.3 Å². The number of aliphatic hydroxyl groups excluding tert-OH is 1. The minimum atomic E-state index is -3.07. The lowest BCUT2D eigenvalue weighted by atomic mass is 10.1. The molecule has 0 bridgehead atoms. The van der Waals surface area contributed by atoms with Gasteiger partial charge in [-0.05, 0) is 12.0 Å². The monoisotopic (exact) mass is 311 g/mol. The molecule has 120 valence electrons. The lowest BCUT2D eigenvalue weighted by Gasteiger charge is -2.14. The van der Waals surface area contributed by atoms with Crippen LogP contribution in [0.25, 0.3) is 0 Å². The predicted octanol–water partition coefficient (Wildman–Crippen LogP) is 2.61. The number of aliphatic hydroxyl groups is 1. The van der Waals surface area contributed by atoms with Crippen molar-refractivity contribution in [3.05, 3.63) is 23.8 Å². The van der Waals surface area contributed by atoms with Gasteiger partial charge < -0.3 is 19.9 Å². The highest BCUT2D eigenvalue weighted by Gasteiger charge is 2.13. The number of alkyl halides is 4. The van der Waals surface area contributed by atoms with E-state index in [1.54, 1.807) is 0 Å². The first-order valence-corrected chi connectivity index (χ1v) is 6.26. The highest BCUT2D eigenvalue weighted by molar-refractivity contribution is 5.40. The Labute approximate surface area is 119 Å². The molecule has 0 spiro atoms. The first-order chi connectivity index (χ1) is 9.92. The number of ether oxygens (including phenoxy) is 2. The maximum atomic E-state index is 12.3. The summed E-state index contributed by atoms with van der Waals surface area (Å²) in [5.74, 6) is -0.480. The summed E-state index contributed by atoms with van der Waals surface area (Å²) in [6, 6.07) is 3.60. The summed E-state index contributed by atoms with van der Waals surface area (Å²) in [6.45, 7) is -3.64. The second-order valence-electron chi connectivity index (χ2n) is 4.45. The Balaban J connectivity index is 2.76. The third kappa shape index (κ3) is 6.63. The highest BCUT2D eigenvalue weighted by Crippen LogP contribution is 2.27. The van der Waals surface area contributed by atoms with Crippen LogP contribution in [0.1, 0.15) is 12.5 Å². The first-order valence-electron chi connectivity index (χ1n) is 6.26. The van der Waals surface area contributed by atoms with Crippen LogP contribution in [0.2, 0.25) is 0 Å². The van der Waals surface area contributed by atoms with Crippen molar-refractivity contribution in [1.82, 2.24) is 5.32 Å². The Morgan fingerprint density at radius 2 is 1.81 bits per heavy atom. The van der Waals surface area contributed by atoms with E-state index in [0.717, 1.165) is 6.07 Å². The van der Waals surface area contributed by atoms with Crippen LogP contribution in [-0.4, -0.2) is 31.5 Å². The van der Waals surface area contributed by atoms with Crippen LogP contribution in [0, 0.1) is 5.92 Å². The van der Waals surface area contributed by atoms with E-state index in [4.69, 9.17) is 5.11 Å². The Morgan fingerprint density at radius 1 is 1.14 bits per heavy atom. The second kappa shape index (κ2) is 8.68. The summed E-state index contributed by atoms with van der Waals surface area (Å²) in [5.41, 5.74) is 0.377. The number of benzene rings is 1. The molecule has 0 aliphatic carbocycles.